The summed E-state index contributed by atoms with van der Waals surface area (Å²) in [5.41, 5.74) is 2.21. The van der Waals surface area contributed by atoms with E-state index >= 15 is 0 Å². The lowest BCUT2D eigenvalue weighted by molar-refractivity contribution is -0.115. The van der Waals surface area contributed by atoms with E-state index in [9.17, 15) is 9.59 Å². The Morgan fingerprint density at radius 2 is 1.70 bits per heavy atom. The van der Waals surface area contributed by atoms with Gasteiger partial charge in [-0.3, -0.25) is 9.59 Å². The van der Waals surface area contributed by atoms with Crippen molar-refractivity contribution in [1.82, 2.24) is 0 Å². The molecular formula is C26H24N2O5. The van der Waals surface area contributed by atoms with Crippen LogP contribution in [0.25, 0.3) is 11.0 Å². The molecule has 0 unspecified atom stereocenters. The molecule has 0 aliphatic rings. The second kappa shape index (κ2) is 9.91. The fraction of sp³-hybridized carbons (Fsp3) is 0.154. The molecule has 0 fully saturated rings. The van der Waals surface area contributed by atoms with Crippen LogP contribution >= 0.6 is 0 Å². The van der Waals surface area contributed by atoms with Crippen molar-refractivity contribution in [3.05, 3.63) is 84.1 Å². The zero-order chi connectivity index (χ0) is 23.2. The molecule has 0 atom stereocenters. The zero-order valence-corrected chi connectivity index (χ0v) is 18.4. The van der Waals surface area contributed by atoms with Gasteiger partial charge in [-0.2, -0.15) is 0 Å². The van der Waals surface area contributed by atoms with E-state index in [0.717, 1.165) is 11.3 Å². The zero-order valence-electron chi connectivity index (χ0n) is 18.4. The number of para-hydroxylation sites is 1. The van der Waals surface area contributed by atoms with Crippen LogP contribution in [0.15, 0.2) is 77.2 Å². The maximum Gasteiger partial charge on any atom is 0.293 e. The molecule has 3 aromatic carbocycles. The summed E-state index contributed by atoms with van der Waals surface area (Å²) in [6.45, 7) is 2.49. The molecule has 7 nitrogen and oxygen atoms in total. The molecule has 0 bridgehead atoms. The van der Waals surface area contributed by atoms with E-state index in [1.54, 1.807) is 49.6 Å². The molecule has 1 heterocycles. The van der Waals surface area contributed by atoms with Crippen LogP contribution in [-0.4, -0.2) is 25.5 Å². The normalized spacial score (nSPS) is 10.6. The second-order valence-electron chi connectivity index (χ2n) is 7.29. The number of nitrogens with one attached hydrogen (secondary N) is 2. The van der Waals surface area contributed by atoms with Crippen LogP contribution in [0.1, 0.15) is 23.0 Å². The van der Waals surface area contributed by atoms with Gasteiger partial charge < -0.3 is 24.5 Å². The molecule has 0 spiro atoms. The highest BCUT2D eigenvalue weighted by molar-refractivity contribution is 6.14. The van der Waals surface area contributed by atoms with Crippen LogP contribution in [-0.2, 0) is 11.2 Å². The summed E-state index contributed by atoms with van der Waals surface area (Å²) in [7, 11) is 1.55. The van der Waals surface area contributed by atoms with Gasteiger partial charge in [0.15, 0.2) is 0 Å². The Morgan fingerprint density at radius 3 is 2.45 bits per heavy atom. The van der Waals surface area contributed by atoms with Crippen molar-refractivity contribution in [2.24, 2.45) is 0 Å². The Hall–Kier alpha value is -4.26. The van der Waals surface area contributed by atoms with Crippen molar-refractivity contribution in [2.45, 2.75) is 13.3 Å². The van der Waals surface area contributed by atoms with Crippen molar-refractivity contribution in [3.8, 4) is 11.5 Å². The summed E-state index contributed by atoms with van der Waals surface area (Å²) in [6.07, 6.45) is 0.142. The van der Waals surface area contributed by atoms with Crippen LogP contribution < -0.4 is 20.1 Å². The number of carbonyl (C=O) groups is 2. The summed E-state index contributed by atoms with van der Waals surface area (Å²) in [4.78, 5) is 25.9. The first-order valence-electron chi connectivity index (χ1n) is 10.6. The predicted octanol–water partition coefficient (Wildman–Crippen LogP) is 5.27. The minimum absolute atomic E-state index is 0.0269. The van der Waals surface area contributed by atoms with Gasteiger partial charge in [-0.15, -0.1) is 0 Å². The molecule has 33 heavy (non-hydrogen) atoms. The molecule has 0 saturated carbocycles. The highest BCUT2D eigenvalue weighted by Gasteiger charge is 2.22. The fourth-order valence-corrected chi connectivity index (χ4v) is 3.46. The van der Waals surface area contributed by atoms with E-state index in [1.807, 2.05) is 37.3 Å². The highest BCUT2D eigenvalue weighted by Crippen LogP contribution is 2.32. The lowest BCUT2D eigenvalue weighted by Crippen LogP contribution is -2.18. The van der Waals surface area contributed by atoms with Gasteiger partial charge in [-0.25, -0.2) is 0 Å². The van der Waals surface area contributed by atoms with Crippen LogP contribution in [0.5, 0.6) is 11.5 Å². The lowest BCUT2D eigenvalue weighted by atomic mass is 10.1. The Kier molecular flexibility index (Phi) is 6.59. The number of benzene rings is 3. The average Bonchev–Trinajstić information content (AvgIpc) is 3.19. The predicted molar refractivity (Wildman–Crippen MR) is 127 cm³/mol. The number of methoxy groups -OCH3 is 1. The molecule has 4 aromatic rings. The monoisotopic (exact) mass is 444 g/mol. The quantitative estimate of drug-likeness (QED) is 0.386. The number of anilines is 2. The SMILES string of the molecule is CCOc1ccc(CC(=O)Nc2c(C(=O)Nc3cccc(OC)c3)oc3ccccc23)cc1. The largest absolute Gasteiger partial charge is 0.497 e. The summed E-state index contributed by atoms with van der Waals surface area (Å²) >= 11 is 0. The number of hydrogen-bond donors (Lipinski definition) is 2. The number of ether oxygens (including phenoxy) is 2. The molecule has 0 radical (unpaired) electrons. The van der Waals surface area contributed by atoms with Gasteiger partial charge in [-0.1, -0.05) is 30.3 Å². The molecule has 7 heteroatoms. The number of rotatable bonds is 8. The summed E-state index contributed by atoms with van der Waals surface area (Å²) in [6, 6.07) is 21.5. The van der Waals surface area contributed by atoms with Crippen LogP contribution in [0.4, 0.5) is 11.4 Å². The number of hydrogen-bond acceptors (Lipinski definition) is 5. The first kappa shape index (κ1) is 22.0. The Bertz CT molecular complexity index is 1280. The molecule has 0 aliphatic carbocycles. The van der Waals surface area contributed by atoms with Gasteiger partial charge >= 0.3 is 0 Å². The fourth-order valence-electron chi connectivity index (χ4n) is 3.46. The van der Waals surface area contributed by atoms with E-state index in [-0.39, 0.29) is 18.1 Å². The van der Waals surface area contributed by atoms with E-state index < -0.39 is 5.91 Å². The molecule has 4 rings (SSSR count). The van der Waals surface area contributed by atoms with Gasteiger partial charge in [0.25, 0.3) is 5.91 Å². The van der Waals surface area contributed by atoms with Gasteiger partial charge in [0.05, 0.1) is 20.1 Å². The third kappa shape index (κ3) is 5.15. The summed E-state index contributed by atoms with van der Waals surface area (Å²) in [5, 5.41) is 6.31. The first-order valence-corrected chi connectivity index (χ1v) is 10.6. The first-order chi connectivity index (χ1) is 16.1. The average molecular weight is 444 g/mol. The summed E-state index contributed by atoms with van der Waals surface area (Å²) < 4.78 is 16.5. The van der Waals surface area contributed by atoms with Crippen LogP contribution in [0, 0.1) is 0 Å². The smallest absolute Gasteiger partial charge is 0.293 e. The molecule has 1 aromatic heterocycles. The molecule has 2 N–H and O–H groups in total. The molecule has 0 aliphatic heterocycles. The van der Waals surface area contributed by atoms with Gasteiger partial charge in [0, 0.05) is 17.1 Å². The van der Waals surface area contributed by atoms with E-state index in [2.05, 4.69) is 10.6 Å². The highest BCUT2D eigenvalue weighted by atomic mass is 16.5. The minimum atomic E-state index is -0.476. The maximum atomic E-state index is 13.0. The van der Waals surface area contributed by atoms with Gasteiger partial charge in [0.2, 0.25) is 11.7 Å². The van der Waals surface area contributed by atoms with E-state index in [0.29, 0.717) is 34.7 Å². The van der Waals surface area contributed by atoms with Crippen molar-refractivity contribution in [2.75, 3.05) is 24.4 Å². The third-order valence-corrected chi connectivity index (χ3v) is 4.99. The van der Waals surface area contributed by atoms with E-state index in [1.165, 1.54) is 0 Å². The van der Waals surface area contributed by atoms with Gasteiger partial charge in [-0.05, 0) is 48.9 Å². The number of amides is 2. The Balaban J connectivity index is 1.56. The summed E-state index contributed by atoms with van der Waals surface area (Å²) in [5.74, 6) is 0.649. The van der Waals surface area contributed by atoms with Crippen molar-refractivity contribution < 1.29 is 23.5 Å². The minimum Gasteiger partial charge on any atom is -0.497 e. The van der Waals surface area contributed by atoms with Crippen molar-refractivity contribution in [3.63, 3.8) is 0 Å². The second-order valence-corrected chi connectivity index (χ2v) is 7.29. The number of fused-ring (bicyclic) bond motifs is 1. The third-order valence-electron chi connectivity index (χ3n) is 4.99. The molecule has 168 valence electrons. The standard InChI is InChI=1S/C26H24N2O5/c1-3-32-19-13-11-17(12-14-19)15-23(29)28-24-21-9-4-5-10-22(21)33-25(24)26(30)27-18-7-6-8-20(16-18)31-2/h4-14,16H,3,15H2,1-2H3,(H,27,30)(H,28,29). The molecule has 0 saturated heterocycles. The number of furan rings is 1. The lowest BCUT2D eigenvalue weighted by Gasteiger charge is -2.09. The van der Waals surface area contributed by atoms with Crippen LogP contribution in [0.2, 0.25) is 0 Å². The Labute approximate surface area is 191 Å². The van der Waals surface area contributed by atoms with E-state index in [4.69, 9.17) is 13.9 Å². The molecular weight excluding hydrogens is 420 g/mol. The van der Waals surface area contributed by atoms with Gasteiger partial charge in [0.1, 0.15) is 22.8 Å². The number of carbonyl (C=O) groups excluding carboxylic acids is 2. The van der Waals surface area contributed by atoms with Crippen molar-refractivity contribution >= 4 is 34.2 Å². The van der Waals surface area contributed by atoms with Crippen molar-refractivity contribution in [1.29, 1.82) is 0 Å². The molecule has 2 amide bonds. The maximum absolute atomic E-state index is 13.0. The Morgan fingerprint density at radius 1 is 0.909 bits per heavy atom. The van der Waals surface area contributed by atoms with Crippen LogP contribution in [0.3, 0.4) is 0 Å². The topological polar surface area (TPSA) is 89.8 Å².